The first-order valence-electron chi connectivity index (χ1n) is 8.62. The molecule has 23 heavy (non-hydrogen) atoms. The molecule has 0 radical (unpaired) electrons. The van der Waals surface area contributed by atoms with Gasteiger partial charge in [-0.25, -0.2) is 0 Å². The molecule has 3 heteroatoms. The number of carbonyl (C=O) groups is 1. The lowest BCUT2D eigenvalue weighted by Gasteiger charge is -2.22. The second-order valence-corrected chi connectivity index (χ2v) is 6.36. The molecule has 1 aromatic rings. The highest BCUT2D eigenvalue weighted by Gasteiger charge is 2.29. The Hall–Kier alpha value is -1.90. The first kappa shape index (κ1) is 17.5. The molecule has 1 aliphatic heterocycles. The maximum absolute atomic E-state index is 12.7. The van der Waals surface area contributed by atoms with Gasteiger partial charge in [0.25, 0.3) is 0 Å². The Morgan fingerprint density at radius 2 is 1.96 bits per heavy atom. The Kier molecular flexibility index (Phi) is 6.14. The number of Topliss-reactive ketones (excluding diaryl/α,β-unsaturated/α-hetero) is 1. The second-order valence-electron chi connectivity index (χ2n) is 6.36. The number of para-hydroxylation sites is 1. The molecule has 1 atom stereocenters. The fourth-order valence-electron chi connectivity index (χ4n) is 2.81. The van der Waals surface area contributed by atoms with E-state index in [1.54, 1.807) is 0 Å². The number of aliphatic imine (C=N–C) groups is 1. The molecule has 0 saturated heterocycles. The topological polar surface area (TPSA) is 38.7 Å². The molecule has 1 heterocycles. The van der Waals surface area contributed by atoms with Crippen LogP contribution in [0.4, 0.5) is 0 Å². The van der Waals surface area contributed by atoms with Crippen molar-refractivity contribution < 1.29 is 9.53 Å². The number of ketones is 1. The van der Waals surface area contributed by atoms with E-state index in [4.69, 9.17) is 4.74 Å². The van der Waals surface area contributed by atoms with Crippen molar-refractivity contribution in [3.05, 3.63) is 41.0 Å². The van der Waals surface area contributed by atoms with Crippen molar-refractivity contribution in [1.82, 2.24) is 0 Å². The van der Waals surface area contributed by atoms with E-state index in [9.17, 15) is 4.79 Å². The van der Waals surface area contributed by atoms with Gasteiger partial charge in [-0.1, -0.05) is 50.8 Å². The number of carbonyl (C=O) groups excluding carboxylic acids is 1. The zero-order valence-corrected chi connectivity index (χ0v) is 14.7. The summed E-state index contributed by atoms with van der Waals surface area (Å²) in [6, 6.07) is 7.39. The van der Waals surface area contributed by atoms with E-state index < -0.39 is 0 Å². The zero-order valence-electron chi connectivity index (χ0n) is 14.7. The van der Waals surface area contributed by atoms with Crippen molar-refractivity contribution >= 4 is 11.7 Å². The van der Waals surface area contributed by atoms with Crippen molar-refractivity contribution in [2.24, 2.45) is 10.9 Å². The molecule has 0 saturated carbocycles. The Labute approximate surface area is 139 Å². The van der Waals surface area contributed by atoms with Gasteiger partial charge in [0.15, 0.2) is 0 Å². The molecule has 0 amide bonds. The molecule has 0 N–H and O–H groups in total. The van der Waals surface area contributed by atoms with Crippen LogP contribution in [0.5, 0.6) is 5.75 Å². The first-order chi connectivity index (χ1) is 11.1. The van der Waals surface area contributed by atoms with Gasteiger partial charge in [-0.15, -0.1) is 0 Å². The standard InChI is InChI=1S/C20H27NO2/c1-5-7-10-15(6-2)13-21-20-18(14(3)4)19(22)16-11-8-9-12-17(16)23-20/h8-9,11-12,15H,5-7,10,13H2,1-4H3. The highest BCUT2D eigenvalue weighted by molar-refractivity contribution is 6.29. The molecule has 2 rings (SSSR count). The predicted octanol–water partition coefficient (Wildman–Crippen LogP) is 5.21. The SMILES string of the molecule is CCCCC(CC)CN=C1Oc2ccccc2C(=O)C1=C(C)C. The number of hydrogen-bond donors (Lipinski definition) is 0. The summed E-state index contributed by atoms with van der Waals surface area (Å²) in [5.41, 5.74) is 2.19. The fraction of sp³-hybridized carbons (Fsp3) is 0.500. The number of unbranched alkanes of at least 4 members (excludes halogenated alkanes) is 1. The maximum Gasteiger partial charge on any atom is 0.225 e. The van der Waals surface area contributed by atoms with E-state index in [2.05, 4.69) is 18.8 Å². The van der Waals surface area contributed by atoms with Crippen LogP contribution in [0.15, 0.2) is 40.4 Å². The maximum atomic E-state index is 12.7. The van der Waals surface area contributed by atoms with Crippen molar-refractivity contribution in [2.45, 2.75) is 53.4 Å². The summed E-state index contributed by atoms with van der Waals surface area (Å²) in [5.74, 6) is 1.68. The molecular weight excluding hydrogens is 286 g/mol. The zero-order chi connectivity index (χ0) is 16.8. The molecule has 0 fully saturated rings. The number of benzene rings is 1. The minimum atomic E-state index is 0.0206. The van der Waals surface area contributed by atoms with Crippen molar-refractivity contribution in [3.63, 3.8) is 0 Å². The molecule has 0 aromatic heterocycles. The molecule has 0 bridgehead atoms. The lowest BCUT2D eigenvalue weighted by Crippen LogP contribution is -2.27. The van der Waals surface area contributed by atoms with Gasteiger partial charge in [0.2, 0.25) is 11.7 Å². The summed E-state index contributed by atoms with van der Waals surface area (Å²) in [5, 5.41) is 0. The quantitative estimate of drug-likeness (QED) is 0.676. The largest absolute Gasteiger partial charge is 0.438 e. The first-order valence-corrected chi connectivity index (χ1v) is 8.62. The van der Waals surface area contributed by atoms with Gasteiger partial charge in [0, 0.05) is 6.54 Å². The normalized spacial score (nSPS) is 17.0. The number of hydrogen-bond acceptors (Lipinski definition) is 3. The van der Waals surface area contributed by atoms with Gasteiger partial charge in [-0.3, -0.25) is 9.79 Å². The van der Waals surface area contributed by atoms with E-state index in [0.29, 0.717) is 28.7 Å². The average molecular weight is 313 g/mol. The Morgan fingerprint density at radius 1 is 1.22 bits per heavy atom. The van der Waals surface area contributed by atoms with Crippen LogP contribution in [0.3, 0.4) is 0 Å². The van der Waals surface area contributed by atoms with Crippen molar-refractivity contribution in [3.8, 4) is 5.75 Å². The number of allylic oxidation sites excluding steroid dienone is 1. The van der Waals surface area contributed by atoms with Crippen molar-refractivity contribution in [2.75, 3.05) is 6.54 Å². The Balaban J connectivity index is 2.28. The van der Waals surface area contributed by atoms with Crippen molar-refractivity contribution in [1.29, 1.82) is 0 Å². The van der Waals surface area contributed by atoms with E-state index in [-0.39, 0.29) is 5.78 Å². The van der Waals surface area contributed by atoms with Gasteiger partial charge < -0.3 is 4.74 Å². The van der Waals surface area contributed by atoms with E-state index >= 15 is 0 Å². The monoisotopic (exact) mass is 313 g/mol. The Morgan fingerprint density at radius 3 is 2.61 bits per heavy atom. The second kappa shape index (κ2) is 8.09. The molecule has 3 nitrogen and oxygen atoms in total. The molecule has 1 aromatic carbocycles. The van der Waals surface area contributed by atoms with Crippen LogP contribution >= 0.6 is 0 Å². The molecule has 1 unspecified atom stereocenters. The van der Waals surface area contributed by atoms with Gasteiger partial charge in [-0.05, 0) is 38.3 Å². The van der Waals surface area contributed by atoms with Gasteiger partial charge in [0.05, 0.1) is 11.1 Å². The van der Waals surface area contributed by atoms with Crippen LogP contribution in [0, 0.1) is 5.92 Å². The van der Waals surface area contributed by atoms with Crippen LogP contribution in [-0.4, -0.2) is 18.2 Å². The highest BCUT2D eigenvalue weighted by atomic mass is 16.5. The molecule has 1 aliphatic rings. The van der Waals surface area contributed by atoms with Crippen LogP contribution < -0.4 is 4.74 Å². The van der Waals surface area contributed by atoms with Crippen LogP contribution in [0.25, 0.3) is 0 Å². The molecule has 0 spiro atoms. The highest BCUT2D eigenvalue weighted by Crippen LogP contribution is 2.29. The van der Waals surface area contributed by atoms with Crippen LogP contribution in [0.2, 0.25) is 0 Å². The minimum absolute atomic E-state index is 0.0206. The summed E-state index contributed by atoms with van der Waals surface area (Å²) >= 11 is 0. The number of nitrogens with zero attached hydrogens (tertiary/aromatic N) is 1. The van der Waals surface area contributed by atoms with E-state index in [0.717, 1.165) is 18.5 Å². The Bertz CT molecular complexity index is 624. The third kappa shape index (κ3) is 4.10. The van der Waals surface area contributed by atoms with Gasteiger partial charge in [0.1, 0.15) is 5.75 Å². The molecule has 0 aliphatic carbocycles. The summed E-state index contributed by atoms with van der Waals surface area (Å²) in [6.45, 7) is 9.01. The lowest BCUT2D eigenvalue weighted by molar-refractivity contribution is 0.103. The van der Waals surface area contributed by atoms with Gasteiger partial charge in [-0.2, -0.15) is 0 Å². The summed E-state index contributed by atoms with van der Waals surface area (Å²) in [7, 11) is 0. The minimum Gasteiger partial charge on any atom is -0.438 e. The summed E-state index contributed by atoms with van der Waals surface area (Å²) in [4.78, 5) is 17.4. The summed E-state index contributed by atoms with van der Waals surface area (Å²) < 4.78 is 5.95. The van der Waals surface area contributed by atoms with E-state index in [1.165, 1.54) is 19.3 Å². The third-order valence-electron chi connectivity index (χ3n) is 4.32. The van der Waals surface area contributed by atoms with Crippen LogP contribution in [0.1, 0.15) is 63.7 Å². The number of rotatable bonds is 6. The smallest absolute Gasteiger partial charge is 0.225 e. The summed E-state index contributed by atoms with van der Waals surface area (Å²) in [6.07, 6.45) is 4.71. The molecule has 124 valence electrons. The molecular formula is C20H27NO2. The number of ether oxygens (including phenoxy) is 1. The van der Waals surface area contributed by atoms with Gasteiger partial charge >= 0.3 is 0 Å². The third-order valence-corrected chi connectivity index (χ3v) is 4.32. The fourth-order valence-corrected chi connectivity index (χ4v) is 2.81. The predicted molar refractivity (Wildman–Crippen MR) is 95.4 cm³/mol. The lowest BCUT2D eigenvalue weighted by atomic mass is 9.96. The van der Waals surface area contributed by atoms with Crippen LogP contribution in [-0.2, 0) is 0 Å². The average Bonchev–Trinajstić information content (AvgIpc) is 2.54. The number of fused-ring (bicyclic) bond motifs is 1. The van der Waals surface area contributed by atoms with E-state index in [1.807, 2.05) is 38.1 Å².